The van der Waals surface area contributed by atoms with Crippen LogP contribution in [0.5, 0.6) is 0 Å². The van der Waals surface area contributed by atoms with Crippen LogP contribution in [-0.2, 0) is 12.9 Å². The summed E-state index contributed by atoms with van der Waals surface area (Å²) in [5.41, 5.74) is 2.23. The van der Waals surface area contributed by atoms with Crippen LogP contribution >= 0.6 is 11.6 Å². The molecular formula is C14H18ClFN2. The molecule has 0 radical (unpaired) electrons. The van der Waals surface area contributed by atoms with Gasteiger partial charge in [-0.3, -0.25) is 4.68 Å². The van der Waals surface area contributed by atoms with E-state index in [0.29, 0.717) is 5.56 Å². The van der Waals surface area contributed by atoms with Gasteiger partial charge in [0.25, 0.3) is 0 Å². The molecule has 0 N–H and O–H groups in total. The van der Waals surface area contributed by atoms with Gasteiger partial charge in [-0.1, -0.05) is 32.4 Å². The fourth-order valence-electron chi connectivity index (χ4n) is 1.41. The molecule has 2 aromatic rings. The summed E-state index contributed by atoms with van der Waals surface area (Å²) in [6.45, 7) is 4.25. The molecule has 0 fully saturated rings. The van der Waals surface area contributed by atoms with Crippen molar-refractivity contribution in [2.24, 2.45) is 7.05 Å². The van der Waals surface area contributed by atoms with Crippen molar-refractivity contribution in [1.82, 2.24) is 9.78 Å². The minimum Gasteiger partial charge on any atom is -0.275 e. The minimum absolute atomic E-state index is 0.194. The fraction of sp³-hybridized carbons (Fsp3) is 0.357. The van der Waals surface area contributed by atoms with Crippen LogP contribution in [0.2, 0.25) is 0 Å². The third-order valence-electron chi connectivity index (χ3n) is 2.24. The van der Waals surface area contributed by atoms with Crippen LogP contribution in [-0.4, -0.2) is 9.78 Å². The number of halogens is 2. The molecule has 1 heterocycles. The SMILES string of the molecule is CCC.Cn1cc(-c2ccc(CCl)c(F)c2)cn1. The molecule has 0 amide bonds. The summed E-state index contributed by atoms with van der Waals surface area (Å²) in [5.74, 6) is -0.0783. The van der Waals surface area contributed by atoms with Gasteiger partial charge in [0.15, 0.2) is 0 Å². The Bertz CT molecular complexity index is 494. The molecule has 0 aliphatic rings. The number of aryl methyl sites for hydroxylation is 1. The molecule has 0 saturated heterocycles. The number of hydrogen-bond donors (Lipinski definition) is 0. The molecule has 0 bridgehead atoms. The number of benzene rings is 1. The summed E-state index contributed by atoms with van der Waals surface area (Å²) < 4.78 is 15.1. The molecule has 2 nitrogen and oxygen atoms in total. The van der Waals surface area contributed by atoms with Crippen molar-refractivity contribution in [1.29, 1.82) is 0 Å². The molecule has 4 heteroatoms. The lowest BCUT2D eigenvalue weighted by Gasteiger charge is -2.01. The summed E-state index contributed by atoms with van der Waals surface area (Å²) >= 11 is 5.58. The first kappa shape index (κ1) is 14.7. The van der Waals surface area contributed by atoms with E-state index in [2.05, 4.69) is 18.9 Å². The quantitative estimate of drug-likeness (QED) is 0.739. The van der Waals surface area contributed by atoms with Gasteiger partial charge >= 0.3 is 0 Å². The Balaban J connectivity index is 0.000000492. The third-order valence-corrected chi connectivity index (χ3v) is 2.52. The van der Waals surface area contributed by atoms with E-state index >= 15 is 0 Å². The molecule has 0 saturated carbocycles. The topological polar surface area (TPSA) is 17.8 Å². The number of hydrogen-bond acceptors (Lipinski definition) is 1. The van der Waals surface area contributed by atoms with Gasteiger partial charge in [0.2, 0.25) is 0 Å². The predicted octanol–water partition coefficient (Wildman–Crippen LogP) is 4.38. The van der Waals surface area contributed by atoms with Crippen molar-refractivity contribution >= 4 is 11.6 Å². The average molecular weight is 269 g/mol. The van der Waals surface area contributed by atoms with E-state index in [-0.39, 0.29) is 11.7 Å². The van der Waals surface area contributed by atoms with Gasteiger partial charge in [-0.15, -0.1) is 11.6 Å². The van der Waals surface area contributed by atoms with Crippen LogP contribution in [0.15, 0.2) is 30.6 Å². The Morgan fingerprint density at radius 3 is 2.39 bits per heavy atom. The van der Waals surface area contributed by atoms with Gasteiger partial charge in [-0.25, -0.2) is 4.39 Å². The van der Waals surface area contributed by atoms with Crippen molar-refractivity contribution in [3.8, 4) is 11.1 Å². The first-order valence-electron chi connectivity index (χ1n) is 5.95. The van der Waals surface area contributed by atoms with Gasteiger partial charge in [0.05, 0.1) is 12.1 Å². The molecule has 98 valence electrons. The Hall–Kier alpha value is -1.35. The van der Waals surface area contributed by atoms with Crippen molar-refractivity contribution in [2.45, 2.75) is 26.1 Å². The van der Waals surface area contributed by atoms with E-state index in [1.165, 1.54) is 12.5 Å². The number of aromatic nitrogens is 2. The second-order valence-electron chi connectivity index (χ2n) is 4.05. The van der Waals surface area contributed by atoms with Gasteiger partial charge in [-0.2, -0.15) is 5.10 Å². The van der Waals surface area contributed by atoms with E-state index in [0.717, 1.165) is 11.1 Å². The van der Waals surface area contributed by atoms with E-state index in [1.54, 1.807) is 16.9 Å². The molecule has 0 atom stereocenters. The lowest BCUT2D eigenvalue weighted by Crippen LogP contribution is -1.87. The summed E-state index contributed by atoms with van der Waals surface area (Å²) in [6.07, 6.45) is 4.80. The first-order chi connectivity index (χ1) is 8.62. The Morgan fingerprint density at radius 1 is 1.28 bits per heavy atom. The smallest absolute Gasteiger partial charge is 0.128 e. The Morgan fingerprint density at radius 2 is 1.94 bits per heavy atom. The van der Waals surface area contributed by atoms with Gasteiger partial charge in [0.1, 0.15) is 5.82 Å². The van der Waals surface area contributed by atoms with E-state index < -0.39 is 0 Å². The zero-order valence-corrected chi connectivity index (χ0v) is 11.7. The molecule has 1 aromatic heterocycles. The van der Waals surface area contributed by atoms with Crippen LogP contribution in [0.4, 0.5) is 4.39 Å². The highest BCUT2D eigenvalue weighted by Crippen LogP contribution is 2.21. The standard InChI is InChI=1S/C11H10ClFN2.C3H8/c1-15-7-10(6-14-15)8-2-3-9(5-12)11(13)4-8;1-3-2/h2-4,6-7H,5H2,1H3;3H2,1-2H3. The van der Waals surface area contributed by atoms with Crippen molar-refractivity contribution in [3.05, 3.63) is 42.0 Å². The second kappa shape index (κ2) is 7.17. The summed E-state index contributed by atoms with van der Waals surface area (Å²) in [7, 11) is 1.83. The maximum absolute atomic E-state index is 13.4. The first-order valence-corrected chi connectivity index (χ1v) is 6.49. The second-order valence-corrected chi connectivity index (χ2v) is 4.32. The van der Waals surface area contributed by atoms with E-state index in [4.69, 9.17) is 11.6 Å². The highest BCUT2D eigenvalue weighted by molar-refractivity contribution is 6.17. The number of nitrogens with zero attached hydrogens (tertiary/aromatic N) is 2. The molecule has 2 rings (SSSR count). The Labute approximate surface area is 112 Å². The molecule has 0 spiro atoms. The number of rotatable bonds is 2. The predicted molar refractivity (Wildman–Crippen MR) is 74.1 cm³/mol. The molecule has 0 aliphatic heterocycles. The normalized spacial score (nSPS) is 9.83. The third kappa shape index (κ3) is 3.84. The molecule has 0 aliphatic carbocycles. The average Bonchev–Trinajstić information content (AvgIpc) is 2.77. The maximum Gasteiger partial charge on any atom is 0.128 e. The van der Waals surface area contributed by atoms with E-state index in [1.807, 2.05) is 19.3 Å². The van der Waals surface area contributed by atoms with Crippen LogP contribution in [0.3, 0.4) is 0 Å². The minimum atomic E-state index is -0.272. The number of alkyl halides is 1. The van der Waals surface area contributed by atoms with Gasteiger partial charge in [-0.05, 0) is 11.6 Å². The van der Waals surface area contributed by atoms with Gasteiger partial charge in [0, 0.05) is 24.4 Å². The molecule has 1 aromatic carbocycles. The van der Waals surface area contributed by atoms with Crippen LogP contribution in [0, 0.1) is 5.82 Å². The van der Waals surface area contributed by atoms with Crippen molar-refractivity contribution in [3.63, 3.8) is 0 Å². The molecule has 18 heavy (non-hydrogen) atoms. The lowest BCUT2D eigenvalue weighted by molar-refractivity contribution is 0.617. The largest absolute Gasteiger partial charge is 0.275 e. The lowest BCUT2D eigenvalue weighted by atomic mass is 10.1. The van der Waals surface area contributed by atoms with Crippen LogP contribution < -0.4 is 0 Å². The van der Waals surface area contributed by atoms with Crippen LogP contribution in [0.25, 0.3) is 11.1 Å². The molecular weight excluding hydrogens is 251 g/mol. The fourth-order valence-corrected chi connectivity index (χ4v) is 1.62. The summed E-state index contributed by atoms with van der Waals surface area (Å²) in [4.78, 5) is 0. The summed E-state index contributed by atoms with van der Waals surface area (Å²) in [5, 5.41) is 4.03. The van der Waals surface area contributed by atoms with Crippen molar-refractivity contribution < 1.29 is 4.39 Å². The van der Waals surface area contributed by atoms with Crippen LogP contribution in [0.1, 0.15) is 25.8 Å². The van der Waals surface area contributed by atoms with Crippen molar-refractivity contribution in [2.75, 3.05) is 0 Å². The van der Waals surface area contributed by atoms with E-state index in [9.17, 15) is 4.39 Å². The zero-order valence-electron chi connectivity index (χ0n) is 11.0. The Kier molecular flexibility index (Phi) is 5.86. The maximum atomic E-state index is 13.4. The van der Waals surface area contributed by atoms with Gasteiger partial charge < -0.3 is 0 Å². The zero-order chi connectivity index (χ0) is 13.5. The molecule has 0 unspecified atom stereocenters. The highest BCUT2D eigenvalue weighted by atomic mass is 35.5. The monoisotopic (exact) mass is 268 g/mol. The highest BCUT2D eigenvalue weighted by Gasteiger charge is 2.05. The summed E-state index contributed by atoms with van der Waals surface area (Å²) in [6, 6.07) is 5.03.